The van der Waals surface area contributed by atoms with Gasteiger partial charge in [-0.2, -0.15) is 0 Å². The van der Waals surface area contributed by atoms with E-state index >= 15 is 0 Å². The molecule has 0 bridgehead atoms. The monoisotopic (exact) mass is 579 g/mol. The molecule has 43 heavy (non-hydrogen) atoms. The van der Waals surface area contributed by atoms with Gasteiger partial charge < -0.3 is 23.9 Å². The van der Waals surface area contributed by atoms with Crippen molar-refractivity contribution in [1.29, 1.82) is 0 Å². The molecule has 3 saturated heterocycles. The second-order valence-corrected chi connectivity index (χ2v) is 12.7. The minimum atomic E-state index is -0.444. The number of fused-ring (bicyclic) bond motifs is 1. The molecule has 7 rings (SSSR count). The SMILES string of the molecule is COC(=O)c1cccc(N2CC[C@@]3(CCN(C(=O)c4nc5cc(N6CC[C@](C)(c7ccccc7)C6)cc(C)c5o4)C3)C2)n1. The molecule has 1 spiro atoms. The highest BCUT2D eigenvalue weighted by Crippen LogP contribution is 2.42. The Kier molecular flexibility index (Phi) is 6.63. The van der Waals surface area contributed by atoms with Gasteiger partial charge in [0.1, 0.15) is 11.3 Å². The zero-order chi connectivity index (χ0) is 29.8. The van der Waals surface area contributed by atoms with Crippen LogP contribution in [-0.2, 0) is 10.2 Å². The summed E-state index contributed by atoms with van der Waals surface area (Å²) in [4.78, 5) is 41.3. The van der Waals surface area contributed by atoms with E-state index in [9.17, 15) is 9.59 Å². The van der Waals surface area contributed by atoms with Crippen LogP contribution in [0.25, 0.3) is 11.1 Å². The summed E-state index contributed by atoms with van der Waals surface area (Å²) in [5.41, 5.74) is 5.24. The van der Waals surface area contributed by atoms with Crippen molar-refractivity contribution >= 4 is 34.5 Å². The molecule has 3 fully saturated rings. The molecule has 9 heteroatoms. The van der Waals surface area contributed by atoms with Gasteiger partial charge in [0.15, 0.2) is 11.3 Å². The molecule has 0 N–H and O–H groups in total. The predicted octanol–water partition coefficient (Wildman–Crippen LogP) is 5.23. The van der Waals surface area contributed by atoms with Gasteiger partial charge in [-0.3, -0.25) is 4.79 Å². The average Bonchev–Trinajstić information content (AvgIpc) is 3.84. The van der Waals surface area contributed by atoms with E-state index in [2.05, 4.69) is 64.2 Å². The normalized spacial score (nSPS) is 23.6. The summed E-state index contributed by atoms with van der Waals surface area (Å²) in [5, 5.41) is 0. The molecular formula is C34H37N5O4. The number of carbonyl (C=O) groups excluding carboxylic acids is 2. The first-order valence-corrected chi connectivity index (χ1v) is 15.1. The summed E-state index contributed by atoms with van der Waals surface area (Å²) in [7, 11) is 1.36. The van der Waals surface area contributed by atoms with Crippen molar-refractivity contribution in [3.05, 3.63) is 83.4 Å². The molecule has 9 nitrogen and oxygen atoms in total. The fourth-order valence-corrected chi connectivity index (χ4v) is 7.24. The number of aryl methyl sites for hydroxylation is 1. The van der Waals surface area contributed by atoms with Crippen molar-refractivity contribution in [2.45, 2.75) is 38.5 Å². The number of hydrogen-bond acceptors (Lipinski definition) is 8. The first-order chi connectivity index (χ1) is 20.8. The minimum Gasteiger partial charge on any atom is -0.464 e. The van der Waals surface area contributed by atoms with Crippen molar-refractivity contribution < 1.29 is 18.7 Å². The maximum atomic E-state index is 13.6. The van der Waals surface area contributed by atoms with Crippen LogP contribution in [0.15, 0.2) is 65.1 Å². The van der Waals surface area contributed by atoms with Crippen LogP contribution in [0.3, 0.4) is 0 Å². The number of oxazole rings is 1. The Morgan fingerprint density at radius 1 is 0.884 bits per heavy atom. The molecule has 2 aromatic carbocycles. The first-order valence-electron chi connectivity index (χ1n) is 15.1. The number of hydrogen-bond donors (Lipinski definition) is 0. The van der Waals surface area contributed by atoms with Gasteiger partial charge >= 0.3 is 11.9 Å². The largest absolute Gasteiger partial charge is 0.464 e. The fraction of sp³-hybridized carbons (Fsp3) is 0.412. The highest BCUT2D eigenvalue weighted by molar-refractivity contribution is 5.94. The third-order valence-corrected chi connectivity index (χ3v) is 9.77. The van der Waals surface area contributed by atoms with Gasteiger partial charge in [0, 0.05) is 55.8 Å². The lowest BCUT2D eigenvalue weighted by molar-refractivity contribution is 0.0593. The number of ether oxygens (including phenoxy) is 1. The Morgan fingerprint density at radius 3 is 2.49 bits per heavy atom. The van der Waals surface area contributed by atoms with Gasteiger partial charge in [0.05, 0.1) is 7.11 Å². The zero-order valence-corrected chi connectivity index (χ0v) is 25.0. The highest BCUT2D eigenvalue weighted by atomic mass is 16.5. The van der Waals surface area contributed by atoms with Crippen LogP contribution in [0, 0.1) is 12.3 Å². The molecule has 0 radical (unpaired) electrons. The smallest absolute Gasteiger partial charge is 0.356 e. The fourth-order valence-electron chi connectivity index (χ4n) is 7.24. The molecule has 3 aliphatic rings. The van der Waals surface area contributed by atoms with Crippen LogP contribution in [0.5, 0.6) is 0 Å². The Balaban J connectivity index is 1.05. The minimum absolute atomic E-state index is 0.0190. The molecule has 5 heterocycles. The Morgan fingerprint density at radius 2 is 1.67 bits per heavy atom. The Bertz CT molecular complexity index is 1700. The van der Waals surface area contributed by atoms with E-state index in [0.717, 1.165) is 68.0 Å². The van der Waals surface area contributed by atoms with Crippen molar-refractivity contribution in [3.8, 4) is 0 Å². The lowest BCUT2D eigenvalue weighted by Gasteiger charge is -2.26. The first kappa shape index (κ1) is 27.4. The molecule has 1 amide bonds. The van der Waals surface area contributed by atoms with Gasteiger partial charge in [0.2, 0.25) is 0 Å². The summed E-state index contributed by atoms with van der Waals surface area (Å²) in [6, 6.07) is 20.4. The lowest BCUT2D eigenvalue weighted by atomic mass is 9.82. The van der Waals surface area contributed by atoms with Crippen LogP contribution in [-0.4, -0.2) is 73.1 Å². The molecular weight excluding hydrogens is 542 g/mol. The lowest BCUT2D eigenvalue weighted by Crippen LogP contribution is -2.34. The number of likely N-dealkylation sites (tertiary alicyclic amines) is 1. The number of anilines is 2. The molecule has 4 aromatic rings. The van der Waals surface area contributed by atoms with E-state index in [1.54, 1.807) is 6.07 Å². The molecule has 2 aromatic heterocycles. The number of amides is 1. The van der Waals surface area contributed by atoms with Crippen LogP contribution < -0.4 is 9.80 Å². The van der Waals surface area contributed by atoms with E-state index in [4.69, 9.17) is 14.1 Å². The van der Waals surface area contributed by atoms with Crippen molar-refractivity contribution in [3.63, 3.8) is 0 Å². The maximum Gasteiger partial charge on any atom is 0.356 e. The van der Waals surface area contributed by atoms with Crippen molar-refractivity contribution in [1.82, 2.24) is 14.9 Å². The highest BCUT2D eigenvalue weighted by Gasteiger charge is 2.46. The third-order valence-electron chi connectivity index (χ3n) is 9.77. The van der Waals surface area contributed by atoms with E-state index in [1.165, 1.54) is 12.7 Å². The summed E-state index contributed by atoms with van der Waals surface area (Å²) in [6.45, 7) is 9.18. The molecule has 0 unspecified atom stereocenters. The van der Waals surface area contributed by atoms with Crippen LogP contribution >= 0.6 is 0 Å². The molecule has 2 atom stereocenters. The van der Waals surface area contributed by atoms with Crippen LogP contribution in [0.1, 0.15) is 58.5 Å². The topological polar surface area (TPSA) is 92.0 Å². The maximum absolute atomic E-state index is 13.6. The van der Waals surface area contributed by atoms with Crippen molar-refractivity contribution in [2.24, 2.45) is 5.41 Å². The molecule has 0 aliphatic carbocycles. The predicted molar refractivity (Wildman–Crippen MR) is 165 cm³/mol. The number of pyridine rings is 1. The molecule has 0 saturated carbocycles. The second kappa shape index (κ2) is 10.4. The van der Waals surface area contributed by atoms with E-state index in [1.807, 2.05) is 24.0 Å². The van der Waals surface area contributed by atoms with Crippen LogP contribution in [0.2, 0.25) is 0 Å². The number of esters is 1. The number of aromatic nitrogens is 2. The molecule has 222 valence electrons. The van der Waals surface area contributed by atoms with Gasteiger partial charge in [-0.15, -0.1) is 0 Å². The standard InChI is InChI=1S/C34H37N5O4/c1-23-18-25(37-15-12-33(2,20-37)24-8-5-4-6-9-24)19-27-29(23)43-30(36-27)31(40)39-17-14-34(22-39)13-16-38(21-34)28-11-7-10-26(35-28)32(41)42-3/h4-11,18-19H,12-17,20-22H2,1-3H3/t33-,34+/m0/s1. The van der Waals surface area contributed by atoms with Crippen LogP contribution in [0.4, 0.5) is 11.5 Å². The Hall–Kier alpha value is -4.40. The second-order valence-electron chi connectivity index (χ2n) is 12.7. The third kappa shape index (κ3) is 4.90. The number of methoxy groups -OCH3 is 1. The van der Waals surface area contributed by atoms with Crippen molar-refractivity contribution in [2.75, 3.05) is 56.2 Å². The van der Waals surface area contributed by atoms with E-state index in [-0.39, 0.29) is 22.6 Å². The number of nitrogens with zero attached hydrogens (tertiary/aromatic N) is 5. The van der Waals surface area contributed by atoms with Gasteiger partial charge in [-0.25, -0.2) is 14.8 Å². The summed E-state index contributed by atoms with van der Waals surface area (Å²) < 4.78 is 10.9. The zero-order valence-electron chi connectivity index (χ0n) is 25.0. The number of carbonyl (C=O) groups is 2. The van der Waals surface area contributed by atoms with Gasteiger partial charge in [-0.1, -0.05) is 43.3 Å². The number of benzene rings is 2. The summed E-state index contributed by atoms with van der Waals surface area (Å²) in [5.74, 6) is 0.318. The molecule has 3 aliphatic heterocycles. The van der Waals surface area contributed by atoms with Gasteiger partial charge in [0.25, 0.3) is 5.89 Å². The number of rotatable bonds is 5. The van der Waals surface area contributed by atoms with E-state index < -0.39 is 5.97 Å². The van der Waals surface area contributed by atoms with E-state index in [0.29, 0.717) is 24.4 Å². The Labute approximate surface area is 251 Å². The summed E-state index contributed by atoms with van der Waals surface area (Å²) >= 11 is 0. The average molecular weight is 580 g/mol. The summed E-state index contributed by atoms with van der Waals surface area (Å²) in [6.07, 6.45) is 2.94. The quantitative estimate of drug-likeness (QED) is 0.297. The van der Waals surface area contributed by atoms with Gasteiger partial charge in [-0.05, 0) is 61.6 Å².